The molecular weight excluding hydrogens is 334 g/mol. The van der Waals surface area contributed by atoms with Crippen molar-refractivity contribution in [2.75, 3.05) is 11.9 Å². The molecule has 1 aliphatic rings. The molecule has 3 aromatic rings. The fourth-order valence-corrected chi connectivity index (χ4v) is 3.69. The molecule has 0 saturated heterocycles. The Balaban J connectivity index is 1.67. The second-order valence-electron chi connectivity index (χ2n) is 5.77. The summed E-state index contributed by atoms with van der Waals surface area (Å²) in [6, 6.07) is 12.1. The van der Waals surface area contributed by atoms with Gasteiger partial charge in [0.05, 0.1) is 5.69 Å². The van der Waals surface area contributed by atoms with Crippen LogP contribution < -0.4 is 11.1 Å². The van der Waals surface area contributed by atoms with Crippen LogP contribution in [0.1, 0.15) is 37.5 Å². The van der Waals surface area contributed by atoms with Gasteiger partial charge in [-0.15, -0.1) is 11.3 Å². The van der Waals surface area contributed by atoms with Gasteiger partial charge in [-0.25, -0.2) is 4.98 Å². The van der Waals surface area contributed by atoms with E-state index in [1.54, 1.807) is 42.5 Å². The zero-order valence-corrected chi connectivity index (χ0v) is 14.1. The van der Waals surface area contributed by atoms with Crippen molar-refractivity contribution in [1.29, 1.82) is 0 Å². The normalized spacial score (nSPS) is 12.7. The van der Waals surface area contributed by atoms with Gasteiger partial charge < -0.3 is 11.1 Å². The number of rotatable bonds is 4. The minimum atomic E-state index is -0.128. The van der Waals surface area contributed by atoms with Crippen molar-refractivity contribution in [3.63, 3.8) is 0 Å². The molecule has 0 amide bonds. The molecule has 2 aromatic carbocycles. The summed E-state index contributed by atoms with van der Waals surface area (Å²) in [5.74, 6) is -0.243. The van der Waals surface area contributed by atoms with E-state index in [1.165, 1.54) is 11.3 Å². The summed E-state index contributed by atoms with van der Waals surface area (Å²) >= 11 is 1.48. The van der Waals surface area contributed by atoms with Crippen molar-refractivity contribution in [2.24, 2.45) is 5.73 Å². The van der Waals surface area contributed by atoms with Crippen molar-refractivity contribution < 1.29 is 9.59 Å². The molecule has 0 atom stereocenters. The first kappa shape index (κ1) is 15.7. The summed E-state index contributed by atoms with van der Waals surface area (Å²) in [6.07, 6.45) is 0.728. The van der Waals surface area contributed by atoms with Gasteiger partial charge in [-0.2, -0.15) is 0 Å². The summed E-state index contributed by atoms with van der Waals surface area (Å²) in [6.45, 7) is 0.554. The predicted molar refractivity (Wildman–Crippen MR) is 97.9 cm³/mol. The number of nitrogens with one attached hydrogen (secondary N) is 1. The van der Waals surface area contributed by atoms with Crippen LogP contribution >= 0.6 is 11.3 Å². The molecule has 4 rings (SSSR count). The molecule has 0 unspecified atom stereocenters. The van der Waals surface area contributed by atoms with Crippen LogP contribution in [0.5, 0.6) is 0 Å². The zero-order valence-electron chi connectivity index (χ0n) is 13.3. The third-order valence-electron chi connectivity index (χ3n) is 4.13. The second kappa shape index (κ2) is 6.23. The van der Waals surface area contributed by atoms with Crippen molar-refractivity contribution in [1.82, 2.24) is 4.98 Å². The summed E-state index contributed by atoms with van der Waals surface area (Å²) in [5.41, 5.74) is 8.99. The lowest BCUT2D eigenvalue weighted by atomic mass is 9.84. The highest BCUT2D eigenvalue weighted by atomic mass is 32.1. The molecule has 0 fully saturated rings. The Morgan fingerprint density at radius 2 is 1.64 bits per heavy atom. The molecule has 3 N–H and O–H groups in total. The quantitative estimate of drug-likeness (QED) is 0.591. The number of carbonyl (C=O) groups excluding carboxylic acids is 2. The first-order valence-corrected chi connectivity index (χ1v) is 8.79. The average Bonchev–Trinajstić information content (AvgIpc) is 3.07. The molecule has 1 aliphatic carbocycles. The Morgan fingerprint density at radius 1 is 0.960 bits per heavy atom. The number of nitrogens with zero attached hydrogens (tertiary/aromatic N) is 1. The molecule has 0 spiro atoms. The van der Waals surface area contributed by atoms with Gasteiger partial charge in [0.2, 0.25) is 0 Å². The number of hydrogen-bond donors (Lipinski definition) is 2. The van der Waals surface area contributed by atoms with E-state index in [1.807, 2.05) is 5.38 Å². The molecule has 0 saturated carbocycles. The largest absolute Gasteiger partial charge is 0.332 e. The Morgan fingerprint density at radius 3 is 2.36 bits per heavy atom. The van der Waals surface area contributed by atoms with E-state index in [9.17, 15) is 9.59 Å². The fourth-order valence-electron chi connectivity index (χ4n) is 2.93. The van der Waals surface area contributed by atoms with Crippen LogP contribution in [0.15, 0.2) is 47.8 Å². The molecule has 5 nitrogen and oxygen atoms in total. The molecule has 0 radical (unpaired) electrons. The lowest BCUT2D eigenvalue weighted by molar-refractivity contribution is 0.0979. The molecule has 0 aliphatic heterocycles. The Labute approximate surface area is 148 Å². The van der Waals surface area contributed by atoms with Crippen molar-refractivity contribution in [2.45, 2.75) is 6.42 Å². The fraction of sp³-hybridized carbons (Fsp3) is 0.105. The first-order chi connectivity index (χ1) is 12.2. The molecule has 6 heteroatoms. The van der Waals surface area contributed by atoms with Crippen LogP contribution in [-0.2, 0) is 6.42 Å². The maximum Gasteiger partial charge on any atom is 0.194 e. The predicted octanol–water partition coefficient (Wildman–Crippen LogP) is 3.16. The molecule has 0 bridgehead atoms. The van der Waals surface area contributed by atoms with Gasteiger partial charge in [-0.05, 0) is 24.7 Å². The summed E-state index contributed by atoms with van der Waals surface area (Å²) in [4.78, 5) is 29.8. The summed E-state index contributed by atoms with van der Waals surface area (Å²) in [5, 5.41) is 5.89. The van der Waals surface area contributed by atoms with Crippen molar-refractivity contribution in [3.05, 3.63) is 75.8 Å². The summed E-state index contributed by atoms with van der Waals surface area (Å²) < 4.78 is 0. The number of thiazole rings is 1. The van der Waals surface area contributed by atoms with Gasteiger partial charge in [-0.3, -0.25) is 9.59 Å². The number of carbonyl (C=O) groups is 2. The van der Waals surface area contributed by atoms with Crippen LogP contribution in [0.4, 0.5) is 10.8 Å². The van der Waals surface area contributed by atoms with E-state index < -0.39 is 0 Å². The third-order valence-corrected chi connectivity index (χ3v) is 4.94. The number of anilines is 2. The molecule has 124 valence electrons. The average molecular weight is 349 g/mol. The van der Waals surface area contributed by atoms with Gasteiger partial charge in [0.15, 0.2) is 16.7 Å². The summed E-state index contributed by atoms with van der Waals surface area (Å²) in [7, 11) is 0. The number of fused-ring (bicyclic) bond motifs is 2. The zero-order chi connectivity index (χ0) is 17.4. The van der Waals surface area contributed by atoms with Crippen LogP contribution in [0.2, 0.25) is 0 Å². The maximum atomic E-state index is 12.7. The van der Waals surface area contributed by atoms with Gasteiger partial charge in [-0.1, -0.05) is 24.3 Å². The van der Waals surface area contributed by atoms with E-state index in [0.717, 1.165) is 22.9 Å². The van der Waals surface area contributed by atoms with Crippen LogP contribution in [0.25, 0.3) is 0 Å². The van der Waals surface area contributed by atoms with E-state index in [4.69, 9.17) is 5.73 Å². The molecule has 1 aromatic heterocycles. The van der Waals surface area contributed by atoms with Gasteiger partial charge in [0, 0.05) is 39.7 Å². The van der Waals surface area contributed by atoms with Crippen LogP contribution in [0, 0.1) is 0 Å². The third kappa shape index (κ3) is 2.75. The molecule has 25 heavy (non-hydrogen) atoms. The van der Waals surface area contributed by atoms with Gasteiger partial charge in [0.25, 0.3) is 0 Å². The minimum absolute atomic E-state index is 0.115. The minimum Gasteiger partial charge on any atom is -0.332 e. The SMILES string of the molecule is NCCc1csc(Nc2ccc3c(c2)C(=O)c2ccccc2C3=O)n1. The van der Waals surface area contributed by atoms with E-state index >= 15 is 0 Å². The highest BCUT2D eigenvalue weighted by Crippen LogP contribution is 2.30. The van der Waals surface area contributed by atoms with E-state index in [2.05, 4.69) is 10.3 Å². The monoisotopic (exact) mass is 349 g/mol. The topological polar surface area (TPSA) is 85.1 Å². The van der Waals surface area contributed by atoms with Crippen molar-refractivity contribution >= 4 is 33.7 Å². The van der Waals surface area contributed by atoms with Crippen LogP contribution in [0.3, 0.4) is 0 Å². The number of aromatic nitrogens is 1. The lowest BCUT2D eigenvalue weighted by Crippen LogP contribution is -2.20. The van der Waals surface area contributed by atoms with Gasteiger partial charge in [0.1, 0.15) is 0 Å². The highest BCUT2D eigenvalue weighted by molar-refractivity contribution is 7.13. The highest BCUT2D eigenvalue weighted by Gasteiger charge is 2.29. The first-order valence-electron chi connectivity index (χ1n) is 7.91. The van der Waals surface area contributed by atoms with Crippen molar-refractivity contribution in [3.8, 4) is 0 Å². The van der Waals surface area contributed by atoms with E-state index in [-0.39, 0.29) is 11.6 Å². The Hall–Kier alpha value is -2.83. The Bertz CT molecular complexity index is 994. The standard InChI is InChI=1S/C19H15N3O2S/c20-8-7-12-10-25-19(22-12)21-11-5-6-15-16(9-11)18(24)14-4-2-1-3-13(14)17(15)23/h1-6,9-10H,7-8,20H2,(H,21,22). The lowest BCUT2D eigenvalue weighted by Gasteiger charge is -2.18. The number of ketones is 2. The number of hydrogen-bond acceptors (Lipinski definition) is 6. The van der Waals surface area contributed by atoms with Crippen LogP contribution in [-0.4, -0.2) is 23.1 Å². The van der Waals surface area contributed by atoms with E-state index in [0.29, 0.717) is 28.8 Å². The smallest absolute Gasteiger partial charge is 0.194 e. The Kier molecular flexibility index (Phi) is 3.91. The number of benzene rings is 2. The number of nitrogens with two attached hydrogens (primary N) is 1. The second-order valence-corrected chi connectivity index (χ2v) is 6.63. The maximum absolute atomic E-state index is 12.7. The van der Waals surface area contributed by atoms with Gasteiger partial charge >= 0.3 is 0 Å². The molecular formula is C19H15N3O2S. The molecule has 1 heterocycles.